The van der Waals surface area contributed by atoms with Crippen LogP contribution >= 0.6 is 11.8 Å². The molecule has 0 aliphatic rings. The molecule has 0 saturated carbocycles. The maximum absolute atomic E-state index is 5.90. The lowest BCUT2D eigenvalue weighted by molar-refractivity contribution is 0.395. The molecule has 2 rings (SSSR count). The van der Waals surface area contributed by atoms with E-state index < -0.39 is 0 Å². The summed E-state index contributed by atoms with van der Waals surface area (Å²) in [5.41, 5.74) is 7.50. The molecule has 20 heavy (non-hydrogen) atoms. The highest BCUT2D eigenvalue weighted by Gasteiger charge is 2.18. The molecule has 0 radical (unpaired) electrons. The van der Waals surface area contributed by atoms with Gasteiger partial charge in [0.2, 0.25) is 0 Å². The number of hydrogen-bond acceptors (Lipinski definition) is 5. The lowest BCUT2D eigenvalue weighted by Crippen LogP contribution is -1.97. The van der Waals surface area contributed by atoms with Gasteiger partial charge in [0.15, 0.2) is 0 Å². The number of ether oxygens (including phenoxy) is 2. The first-order valence-electron chi connectivity index (χ1n) is 6.28. The quantitative estimate of drug-likeness (QED) is 0.828. The predicted octanol–water partition coefficient (Wildman–Crippen LogP) is 3.18. The third kappa shape index (κ3) is 2.85. The molecular formula is C14H19N3O2S. The smallest absolute Gasteiger partial charge is 0.131 e. The highest BCUT2D eigenvalue weighted by atomic mass is 32.2. The van der Waals surface area contributed by atoms with Crippen molar-refractivity contribution in [1.29, 1.82) is 0 Å². The molecule has 0 spiro atoms. The fraction of sp³-hybridized carbons (Fsp3) is 0.357. The van der Waals surface area contributed by atoms with Crippen LogP contribution in [0.4, 0.5) is 5.82 Å². The molecule has 0 aliphatic carbocycles. The Balaban J connectivity index is 2.58. The Kier molecular flexibility index (Phi) is 4.44. The molecule has 0 fully saturated rings. The SMILES string of the molecule is COc1cc(SC(C)C)cc(OC)c1-c1cn[nH]c1N. The van der Waals surface area contributed by atoms with E-state index in [1.54, 1.807) is 32.2 Å². The first kappa shape index (κ1) is 14.6. The predicted molar refractivity (Wildman–Crippen MR) is 82.5 cm³/mol. The lowest BCUT2D eigenvalue weighted by Gasteiger charge is -2.15. The number of nitrogens with one attached hydrogen (secondary N) is 1. The van der Waals surface area contributed by atoms with Crippen molar-refractivity contribution in [1.82, 2.24) is 10.2 Å². The van der Waals surface area contributed by atoms with Crippen molar-refractivity contribution in [2.45, 2.75) is 24.0 Å². The van der Waals surface area contributed by atoms with Gasteiger partial charge in [-0.2, -0.15) is 5.10 Å². The molecule has 1 aromatic heterocycles. The summed E-state index contributed by atoms with van der Waals surface area (Å²) in [5.74, 6) is 1.94. The van der Waals surface area contributed by atoms with Gasteiger partial charge in [-0.05, 0) is 12.1 Å². The molecule has 0 unspecified atom stereocenters. The molecule has 0 atom stereocenters. The highest BCUT2D eigenvalue weighted by molar-refractivity contribution is 7.99. The van der Waals surface area contributed by atoms with Gasteiger partial charge in [-0.15, -0.1) is 11.8 Å². The zero-order chi connectivity index (χ0) is 14.7. The fourth-order valence-corrected chi connectivity index (χ4v) is 2.88. The van der Waals surface area contributed by atoms with Gasteiger partial charge in [-0.1, -0.05) is 13.8 Å². The Morgan fingerprint density at radius 2 is 1.80 bits per heavy atom. The molecule has 0 aliphatic heterocycles. The molecule has 6 heteroatoms. The van der Waals surface area contributed by atoms with Crippen molar-refractivity contribution < 1.29 is 9.47 Å². The summed E-state index contributed by atoms with van der Waals surface area (Å²) < 4.78 is 11.0. The zero-order valence-corrected chi connectivity index (χ0v) is 12.9. The number of aromatic nitrogens is 2. The third-order valence-electron chi connectivity index (χ3n) is 2.79. The first-order chi connectivity index (χ1) is 9.56. The second-order valence-corrected chi connectivity index (χ2v) is 6.22. The number of anilines is 1. The summed E-state index contributed by atoms with van der Waals surface area (Å²) in [5, 5.41) is 7.16. The minimum absolute atomic E-state index is 0.481. The number of thioether (sulfide) groups is 1. The molecule has 0 saturated heterocycles. The van der Waals surface area contributed by atoms with Crippen LogP contribution in [-0.4, -0.2) is 29.7 Å². The van der Waals surface area contributed by atoms with Gasteiger partial charge in [0, 0.05) is 10.1 Å². The van der Waals surface area contributed by atoms with Crippen LogP contribution in [0.1, 0.15) is 13.8 Å². The van der Waals surface area contributed by atoms with Gasteiger partial charge >= 0.3 is 0 Å². The van der Waals surface area contributed by atoms with E-state index in [0.29, 0.717) is 11.1 Å². The number of methoxy groups -OCH3 is 2. The van der Waals surface area contributed by atoms with Crippen molar-refractivity contribution in [3.05, 3.63) is 18.3 Å². The van der Waals surface area contributed by atoms with E-state index in [1.807, 2.05) is 12.1 Å². The Morgan fingerprint density at radius 1 is 1.20 bits per heavy atom. The van der Waals surface area contributed by atoms with Gasteiger partial charge in [-0.25, -0.2) is 0 Å². The van der Waals surface area contributed by atoms with Gasteiger partial charge in [0.1, 0.15) is 17.3 Å². The summed E-state index contributed by atoms with van der Waals surface area (Å²) in [4.78, 5) is 1.10. The van der Waals surface area contributed by atoms with Crippen molar-refractivity contribution >= 4 is 17.6 Å². The van der Waals surface area contributed by atoms with Gasteiger partial charge in [0.05, 0.1) is 31.5 Å². The van der Waals surface area contributed by atoms with E-state index in [-0.39, 0.29) is 0 Å². The van der Waals surface area contributed by atoms with E-state index in [1.165, 1.54) is 0 Å². The maximum atomic E-state index is 5.90. The second kappa shape index (κ2) is 6.09. The topological polar surface area (TPSA) is 73.2 Å². The summed E-state index contributed by atoms with van der Waals surface area (Å²) in [6, 6.07) is 3.99. The summed E-state index contributed by atoms with van der Waals surface area (Å²) >= 11 is 1.75. The summed E-state index contributed by atoms with van der Waals surface area (Å²) in [6.45, 7) is 4.29. The molecule has 1 aromatic carbocycles. The normalized spacial score (nSPS) is 10.8. The number of H-pyrrole nitrogens is 1. The van der Waals surface area contributed by atoms with Crippen molar-refractivity contribution in [2.24, 2.45) is 0 Å². The number of rotatable bonds is 5. The average Bonchev–Trinajstić information content (AvgIpc) is 2.82. The van der Waals surface area contributed by atoms with Crippen LogP contribution in [-0.2, 0) is 0 Å². The van der Waals surface area contributed by atoms with E-state index in [4.69, 9.17) is 15.2 Å². The van der Waals surface area contributed by atoms with E-state index >= 15 is 0 Å². The molecule has 108 valence electrons. The average molecular weight is 293 g/mol. The maximum Gasteiger partial charge on any atom is 0.131 e. The van der Waals surface area contributed by atoms with E-state index in [9.17, 15) is 0 Å². The number of hydrogen-bond donors (Lipinski definition) is 2. The minimum atomic E-state index is 0.481. The van der Waals surface area contributed by atoms with Crippen LogP contribution in [0.2, 0.25) is 0 Å². The number of nitrogen functional groups attached to an aromatic ring is 1. The molecule has 0 amide bonds. The highest BCUT2D eigenvalue weighted by Crippen LogP contribution is 2.43. The van der Waals surface area contributed by atoms with Crippen molar-refractivity contribution in [3.63, 3.8) is 0 Å². The van der Waals surface area contributed by atoms with Gasteiger partial charge in [-0.3, -0.25) is 5.10 Å². The first-order valence-corrected chi connectivity index (χ1v) is 7.16. The van der Waals surface area contributed by atoms with Crippen LogP contribution < -0.4 is 15.2 Å². The van der Waals surface area contributed by atoms with Gasteiger partial charge in [0.25, 0.3) is 0 Å². The van der Waals surface area contributed by atoms with Gasteiger partial charge < -0.3 is 15.2 Å². The fourth-order valence-electron chi connectivity index (χ4n) is 1.99. The molecule has 1 heterocycles. The summed E-state index contributed by atoms with van der Waals surface area (Å²) in [6.07, 6.45) is 1.67. The second-order valence-electron chi connectivity index (χ2n) is 4.57. The van der Waals surface area contributed by atoms with Crippen LogP contribution in [0.3, 0.4) is 0 Å². The van der Waals surface area contributed by atoms with Crippen LogP contribution in [0, 0.1) is 0 Å². The number of nitrogens with two attached hydrogens (primary N) is 1. The largest absolute Gasteiger partial charge is 0.496 e. The summed E-state index contributed by atoms with van der Waals surface area (Å²) in [7, 11) is 3.27. The third-order valence-corrected chi connectivity index (χ3v) is 3.77. The Bertz CT molecular complexity index is 571. The molecule has 0 bridgehead atoms. The molecular weight excluding hydrogens is 274 g/mol. The van der Waals surface area contributed by atoms with Crippen LogP contribution in [0.15, 0.2) is 23.2 Å². The zero-order valence-electron chi connectivity index (χ0n) is 12.1. The number of benzene rings is 1. The minimum Gasteiger partial charge on any atom is -0.496 e. The monoisotopic (exact) mass is 293 g/mol. The number of nitrogens with zero attached hydrogens (tertiary/aromatic N) is 1. The Labute approximate surface area is 122 Å². The Hall–Kier alpha value is -1.82. The molecule has 3 N–H and O–H groups in total. The standard InChI is InChI=1S/C14H19N3O2S/c1-8(2)20-9-5-11(18-3)13(12(6-9)19-4)10-7-16-17-14(10)15/h5-8H,1-4H3,(H3,15,16,17). The van der Waals surface area contributed by atoms with Crippen LogP contribution in [0.25, 0.3) is 11.1 Å². The van der Waals surface area contributed by atoms with Crippen molar-refractivity contribution in [2.75, 3.05) is 20.0 Å². The molecule has 5 nitrogen and oxygen atoms in total. The van der Waals surface area contributed by atoms with E-state index in [2.05, 4.69) is 24.0 Å². The van der Waals surface area contributed by atoms with E-state index in [0.717, 1.165) is 27.5 Å². The van der Waals surface area contributed by atoms with Crippen LogP contribution in [0.5, 0.6) is 11.5 Å². The lowest BCUT2D eigenvalue weighted by atomic mass is 10.1. The number of aromatic amines is 1. The molecule has 2 aromatic rings. The Morgan fingerprint density at radius 3 is 2.20 bits per heavy atom. The van der Waals surface area contributed by atoms with Crippen molar-refractivity contribution in [3.8, 4) is 22.6 Å².